The molecule has 0 radical (unpaired) electrons. The van der Waals surface area contributed by atoms with Crippen LogP contribution in [0.4, 0.5) is 5.88 Å². The Hall–Kier alpha value is -1.71. The molecule has 2 N–H and O–H groups in total. The number of nitrogens with two attached hydrogens (primary N) is 1. The Balaban J connectivity index is 2.52. The lowest BCUT2D eigenvalue weighted by molar-refractivity contribution is 0.435. The molecular weight excluding hydrogens is 168 g/mol. The minimum absolute atomic E-state index is 0.369. The Morgan fingerprint density at radius 2 is 2.38 bits per heavy atom. The van der Waals surface area contributed by atoms with E-state index in [0.717, 1.165) is 12.0 Å². The van der Waals surface area contributed by atoms with E-state index in [9.17, 15) is 0 Å². The van der Waals surface area contributed by atoms with E-state index < -0.39 is 0 Å². The summed E-state index contributed by atoms with van der Waals surface area (Å²) in [5.74, 6) is 1.06. The lowest BCUT2D eigenvalue weighted by atomic mass is 10.1. The van der Waals surface area contributed by atoms with Crippen LogP contribution in [0.2, 0.25) is 0 Å². The van der Waals surface area contributed by atoms with E-state index >= 15 is 0 Å². The first-order chi connectivity index (χ1) is 6.33. The molecule has 4 nitrogen and oxygen atoms in total. The highest BCUT2D eigenvalue weighted by Crippen LogP contribution is 2.27. The molecule has 2 heterocycles. The zero-order chi connectivity index (χ0) is 9.26. The zero-order valence-corrected chi connectivity index (χ0v) is 7.28. The van der Waals surface area contributed by atoms with Crippen molar-refractivity contribution < 1.29 is 8.94 Å². The summed E-state index contributed by atoms with van der Waals surface area (Å²) in [4.78, 5) is 0. The van der Waals surface area contributed by atoms with Crippen molar-refractivity contribution in [3.05, 3.63) is 24.0 Å². The van der Waals surface area contributed by atoms with E-state index in [-0.39, 0.29) is 0 Å². The highest BCUT2D eigenvalue weighted by Gasteiger charge is 2.15. The van der Waals surface area contributed by atoms with Crippen LogP contribution in [0.3, 0.4) is 0 Å². The second-order valence-electron chi connectivity index (χ2n) is 2.70. The van der Waals surface area contributed by atoms with Gasteiger partial charge in [-0.3, -0.25) is 0 Å². The minimum atomic E-state index is 0.369. The van der Waals surface area contributed by atoms with Gasteiger partial charge in [0.1, 0.15) is 0 Å². The van der Waals surface area contributed by atoms with Crippen molar-refractivity contribution in [2.45, 2.75) is 13.3 Å². The molecule has 0 bridgehead atoms. The van der Waals surface area contributed by atoms with Gasteiger partial charge in [0, 0.05) is 5.56 Å². The van der Waals surface area contributed by atoms with Gasteiger partial charge >= 0.3 is 0 Å². The maximum Gasteiger partial charge on any atom is 0.226 e. The standard InChI is InChI=1S/C9H10N2O2/c1-2-6-8(11-13-9(6)10)7-4-3-5-12-7/h3-5H,2,10H2,1H3. The quantitative estimate of drug-likeness (QED) is 0.764. The third-order valence-corrected chi connectivity index (χ3v) is 1.93. The number of hydrogen-bond donors (Lipinski definition) is 1. The highest BCUT2D eigenvalue weighted by molar-refractivity contribution is 5.62. The summed E-state index contributed by atoms with van der Waals surface area (Å²) >= 11 is 0. The second-order valence-corrected chi connectivity index (χ2v) is 2.70. The molecule has 2 rings (SSSR count). The van der Waals surface area contributed by atoms with E-state index in [4.69, 9.17) is 14.7 Å². The largest absolute Gasteiger partial charge is 0.463 e. The van der Waals surface area contributed by atoms with Crippen LogP contribution >= 0.6 is 0 Å². The molecule has 4 heteroatoms. The minimum Gasteiger partial charge on any atom is -0.463 e. The Labute approximate surface area is 75.3 Å². The monoisotopic (exact) mass is 178 g/mol. The van der Waals surface area contributed by atoms with Gasteiger partial charge in [0.15, 0.2) is 11.5 Å². The Bertz CT molecular complexity index is 390. The van der Waals surface area contributed by atoms with Crippen LogP contribution in [0, 0.1) is 0 Å². The van der Waals surface area contributed by atoms with E-state index in [1.165, 1.54) is 0 Å². The molecule has 2 aromatic heterocycles. The van der Waals surface area contributed by atoms with Gasteiger partial charge in [-0.15, -0.1) is 0 Å². The molecule has 0 aliphatic rings. The number of anilines is 1. The highest BCUT2D eigenvalue weighted by atomic mass is 16.5. The first-order valence-corrected chi connectivity index (χ1v) is 4.10. The number of rotatable bonds is 2. The summed E-state index contributed by atoms with van der Waals surface area (Å²) in [5, 5.41) is 3.84. The Morgan fingerprint density at radius 1 is 1.54 bits per heavy atom. The Kier molecular flexibility index (Phi) is 1.81. The van der Waals surface area contributed by atoms with E-state index in [1.807, 2.05) is 13.0 Å². The van der Waals surface area contributed by atoms with E-state index in [0.29, 0.717) is 17.3 Å². The van der Waals surface area contributed by atoms with Crippen molar-refractivity contribution in [1.29, 1.82) is 0 Å². The van der Waals surface area contributed by atoms with Crippen molar-refractivity contribution >= 4 is 5.88 Å². The topological polar surface area (TPSA) is 65.2 Å². The summed E-state index contributed by atoms with van der Waals surface area (Å²) in [6, 6.07) is 3.64. The Morgan fingerprint density at radius 3 is 3.00 bits per heavy atom. The van der Waals surface area contributed by atoms with Crippen LogP contribution < -0.4 is 5.73 Å². The summed E-state index contributed by atoms with van der Waals surface area (Å²) in [5.41, 5.74) is 7.18. The summed E-state index contributed by atoms with van der Waals surface area (Å²) in [6.07, 6.45) is 2.38. The smallest absolute Gasteiger partial charge is 0.226 e. The van der Waals surface area contributed by atoms with Gasteiger partial charge in [-0.05, 0) is 18.6 Å². The number of aromatic nitrogens is 1. The summed E-state index contributed by atoms with van der Waals surface area (Å²) < 4.78 is 10.1. The predicted octanol–water partition coefficient (Wildman–Crippen LogP) is 2.08. The number of hydrogen-bond acceptors (Lipinski definition) is 4. The van der Waals surface area contributed by atoms with Crippen molar-refractivity contribution in [3.63, 3.8) is 0 Å². The predicted molar refractivity (Wildman–Crippen MR) is 48.0 cm³/mol. The van der Waals surface area contributed by atoms with Gasteiger partial charge in [0.25, 0.3) is 0 Å². The van der Waals surface area contributed by atoms with Crippen LogP contribution in [-0.4, -0.2) is 5.16 Å². The van der Waals surface area contributed by atoms with E-state index in [2.05, 4.69) is 5.16 Å². The van der Waals surface area contributed by atoms with Crippen LogP contribution in [0.25, 0.3) is 11.5 Å². The number of furan rings is 1. The van der Waals surface area contributed by atoms with Crippen LogP contribution in [0.15, 0.2) is 27.3 Å². The molecule has 13 heavy (non-hydrogen) atoms. The first-order valence-electron chi connectivity index (χ1n) is 4.10. The van der Waals surface area contributed by atoms with Gasteiger partial charge in [0.05, 0.1) is 6.26 Å². The number of nitrogens with zero attached hydrogens (tertiary/aromatic N) is 1. The lowest BCUT2D eigenvalue weighted by Crippen LogP contribution is -1.88. The van der Waals surface area contributed by atoms with Crippen molar-refractivity contribution in [2.75, 3.05) is 5.73 Å². The maximum atomic E-state index is 5.59. The zero-order valence-electron chi connectivity index (χ0n) is 7.28. The molecule has 0 saturated heterocycles. The summed E-state index contributed by atoms with van der Waals surface area (Å²) in [7, 11) is 0. The molecule has 0 saturated carbocycles. The molecule has 0 amide bonds. The molecule has 2 aromatic rings. The van der Waals surface area contributed by atoms with E-state index in [1.54, 1.807) is 12.3 Å². The van der Waals surface area contributed by atoms with Gasteiger partial charge < -0.3 is 14.7 Å². The molecule has 0 aliphatic carbocycles. The maximum absolute atomic E-state index is 5.59. The fourth-order valence-electron chi connectivity index (χ4n) is 1.27. The summed E-state index contributed by atoms with van der Waals surface area (Å²) in [6.45, 7) is 2.00. The average molecular weight is 178 g/mol. The third-order valence-electron chi connectivity index (χ3n) is 1.93. The fourth-order valence-corrected chi connectivity index (χ4v) is 1.27. The molecule has 68 valence electrons. The van der Waals surface area contributed by atoms with Gasteiger partial charge in [-0.25, -0.2) is 0 Å². The first kappa shape index (κ1) is 7.91. The van der Waals surface area contributed by atoms with Gasteiger partial charge in [-0.1, -0.05) is 12.1 Å². The van der Waals surface area contributed by atoms with Gasteiger partial charge in [0.2, 0.25) is 5.88 Å². The molecule has 0 spiro atoms. The molecular formula is C9H10N2O2. The van der Waals surface area contributed by atoms with Crippen molar-refractivity contribution in [1.82, 2.24) is 5.16 Å². The molecule has 0 atom stereocenters. The van der Waals surface area contributed by atoms with Crippen molar-refractivity contribution in [2.24, 2.45) is 0 Å². The average Bonchev–Trinajstić information content (AvgIpc) is 2.71. The normalized spacial score (nSPS) is 10.5. The lowest BCUT2D eigenvalue weighted by Gasteiger charge is -1.93. The third kappa shape index (κ3) is 1.20. The SMILES string of the molecule is CCc1c(-c2ccco2)noc1N. The molecule has 0 aliphatic heterocycles. The second kappa shape index (κ2) is 2.97. The van der Waals surface area contributed by atoms with Crippen LogP contribution in [0.1, 0.15) is 12.5 Å². The number of nitrogen functional groups attached to an aromatic ring is 1. The van der Waals surface area contributed by atoms with Gasteiger partial charge in [-0.2, -0.15) is 0 Å². The molecule has 0 aromatic carbocycles. The van der Waals surface area contributed by atoms with Crippen LogP contribution in [0.5, 0.6) is 0 Å². The molecule has 0 fully saturated rings. The van der Waals surface area contributed by atoms with Crippen molar-refractivity contribution in [3.8, 4) is 11.5 Å². The molecule has 0 unspecified atom stereocenters. The fraction of sp³-hybridized carbons (Fsp3) is 0.222. The van der Waals surface area contributed by atoms with Crippen LogP contribution in [-0.2, 0) is 6.42 Å².